The molecule has 2 aromatic heterocycles. The number of hydrogen-bond donors (Lipinski definition) is 2. The van der Waals surface area contributed by atoms with Crippen molar-refractivity contribution in [1.82, 2.24) is 9.97 Å². The molecule has 0 fully saturated rings. The normalized spacial score (nSPS) is 13.0. The van der Waals surface area contributed by atoms with Crippen molar-refractivity contribution in [3.8, 4) is 0 Å². The van der Waals surface area contributed by atoms with Crippen molar-refractivity contribution in [2.24, 2.45) is 0 Å². The zero-order chi connectivity index (χ0) is 15.6. The van der Waals surface area contributed by atoms with Gasteiger partial charge in [0.2, 0.25) is 5.82 Å². The summed E-state index contributed by atoms with van der Waals surface area (Å²) in [6.45, 7) is 3.56. The molecular weight excluding hydrogens is 285 g/mol. The number of aryl methyl sites for hydroxylation is 1. The van der Waals surface area contributed by atoms with Crippen molar-refractivity contribution in [3.63, 3.8) is 0 Å². The van der Waals surface area contributed by atoms with Gasteiger partial charge in [0.1, 0.15) is 23.2 Å². The molecule has 2 heterocycles. The molecule has 1 atom stereocenters. The second-order valence-electron chi connectivity index (χ2n) is 4.52. The Morgan fingerprint density at radius 1 is 1.19 bits per heavy atom. The fourth-order valence-electron chi connectivity index (χ4n) is 1.76. The van der Waals surface area contributed by atoms with Gasteiger partial charge in [-0.25, -0.2) is 9.97 Å². The summed E-state index contributed by atoms with van der Waals surface area (Å²) in [5.41, 5.74) is 0. The molecule has 0 aliphatic heterocycles. The Morgan fingerprint density at radius 2 is 1.86 bits per heavy atom. The summed E-state index contributed by atoms with van der Waals surface area (Å²) in [5, 5.41) is 5.46. The van der Waals surface area contributed by atoms with E-state index in [4.69, 9.17) is 4.42 Å². The molecule has 0 radical (unpaired) electrons. The summed E-state index contributed by atoms with van der Waals surface area (Å²) in [4.78, 5) is 6.89. The standard InChI is InChI=1S/C13H15F3N4O/c1-7-4-5-9(21-7)8(2)18-11-6-10(17-3)19-12(20-11)13(14,15)16/h4-6,8H,1-3H3,(H2,17,18,19,20). The van der Waals surface area contributed by atoms with E-state index in [0.29, 0.717) is 5.76 Å². The number of halogens is 3. The van der Waals surface area contributed by atoms with Crippen molar-refractivity contribution in [1.29, 1.82) is 0 Å². The number of anilines is 2. The van der Waals surface area contributed by atoms with Gasteiger partial charge in [0, 0.05) is 13.1 Å². The number of nitrogens with zero attached hydrogens (tertiary/aromatic N) is 2. The van der Waals surface area contributed by atoms with Gasteiger partial charge in [0.25, 0.3) is 0 Å². The second-order valence-corrected chi connectivity index (χ2v) is 4.52. The van der Waals surface area contributed by atoms with E-state index in [1.807, 2.05) is 0 Å². The van der Waals surface area contributed by atoms with Crippen LogP contribution in [0.5, 0.6) is 0 Å². The first-order chi connectivity index (χ1) is 9.79. The van der Waals surface area contributed by atoms with E-state index in [1.54, 1.807) is 26.0 Å². The summed E-state index contributed by atoms with van der Waals surface area (Å²) >= 11 is 0. The van der Waals surface area contributed by atoms with Crippen LogP contribution in [0.3, 0.4) is 0 Å². The molecule has 0 amide bonds. The van der Waals surface area contributed by atoms with Gasteiger partial charge in [-0.05, 0) is 26.0 Å². The number of nitrogens with one attached hydrogen (secondary N) is 2. The smallest absolute Gasteiger partial charge is 0.451 e. The van der Waals surface area contributed by atoms with E-state index in [1.165, 1.54) is 13.1 Å². The van der Waals surface area contributed by atoms with E-state index in [2.05, 4.69) is 20.6 Å². The zero-order valence-corrected chi connectivity index (χ0v) is 11.7. The van der Waals surface area contributed by atoms with Gasteiger partial charge in [0.05, 0.1) is 6.04 Å². The molecule has 2 N–H and O–H groups in total. The van der Waals surface area contributed by atoms with E-state index in [0.717, 1.165) is 5.76 Å². The Balaban J connectivity index is 2.27. The Hall–Kier alpha value is -2.25. The molecule has 21 heavy (non-hydrogen) atoms. The minimum atomic E-state index is -4.60. The number of rotatable bonds is 4. The zero-order valence-electron chi connectivity index (χ0n) is 11.7. The molecule has 1 unspecified atom stereocenters. The van der Waals surface area contributed by atoms with E-state index < -0.39 is 12.0 Å². The predicted octanol–water partition coefficient (Wildman–Crippen LogP) is 3.61. The molecule has 5 nitrogen and oxygen atoms in total. The lowest BCUT2D eigenvalue weighted by Crippen LogP contribution is -2.15. The minimum Gasteiger partial charge on any atom is -0.464 e. The first kappa shape index (κ1) is 15.1. The van der Waals surface area contributed by atoms with Gasteiger partial charge in [0.15, 0.2) is 0 Å². The number of furan rings is 1. The maximum atomic E-state index is 12.7. The van der Waals surface area contributed by atoms with E-state index >= 15 is 0 Å². The first-order valence-electron chi connectivity index (χ1n) is 6.26. The van der Waals surface area contributed by atoms with Crippen LogP contribution < -0.4 is 10.6 Å². The van der Waals surface area contributed by atoms with Gasteiger partial charge in [-0.15, -0.1) is 0 Å². The Kier molecular flexibility index (Phi) is 4.06. The summed E-state index contributed by atoms with van der Waals surface area (Å²) < 4.78 is 43.7. The molecule has 114 valence electrons. The average molecular weight is 300 g/mol. The third kappa shape index (κ3) is 3.65. The van der Waals surface area contributed by atoms with Crippen molar-refractivity contribution in [3.05, 3.63) is 35.5 Å². The third-order valence-corrected chi connectivity index (χ3v) is 2.79. The van der Waals surface area contributed by atoms with Gasteiger partial charge in [-0.1, -0.05) is 0 Å². The van der Waals surface area contributed by atoms with E-state index in [-0.39, 0.29) is 17.7 Å². The monoisotopic (exact) mass is 300 g/mol. The lowest BCUT2D eigenvalue weighted by atomic mass is 10.2. The third-order valence-electron chi connectivity index (χ3n) is 2.79. The maximum Gasteiger partial charge on any atom is 0.451 e. The lowest BCUT2D eigenvalue weighted by Gasteiger charge is -2.15. The van der Waals surface area contributed by atoms with Crippen LogP contribution in [0, 0.1) is 6.92 Å². The SMILES string of the molecule is CNc1cc(NC(C)c2ccc(C)o2)nc(C(F)(F)F)n1. The fourth-order valence-corrected chi connectivity index (χ4v) is 1.76. The van der Waals surface area contributed by atoms with Gasteiger partial charge >= 0.3 is 6.18 Å². The second kappa shape index (κ2) is 5.63. The topological polar surface area (TPSA) is 63.0 Å². The van der Waals surface area contributed by atoms with Crippen LogP contribution in [0.2, 0.25) is 0 Å². The highest BCUT2D eigenvalue weighted by molar-refractivity contribution is 5.48. The number of aromatic nitrogens is 2. The van der Waals surface area contributed by atoms with Crippen LogP contribution >= 0.6 is 0 Å². The van der Waals surface area contributed by atoms with Gasteiger partial charge in [-0.2, -0.15) is 13.2 Å². The van der Waals surface area contributed by atoms with Crippen molar-refractivity contribution >= 4 is 11.6 Å². The van der Waals surface area contributed by atoms with Crippen LogP contribution in [0.4, 0.5) is 24.8 Å². The van der Waals surface area contributed by atoms with Crippen LogP contribution in [0.15, 0.2) is 22.6 Å². The van der Waals surface area contributed by atoms with Crippen LogP contribution in [0.25, 0.3) is 0 Å². The molecule has 8 heteroatoms. The van der Waals surface area contributed by atoms with Gasteiger partial charge in [-0.3, -0.25) is 0 Å². The van der Waals surface area contributed by atoms with Crippen molar-refractivity contribution in [2.75, 3.05) is 17.7 Å². The Labute approximate surface area is 119 Å². The molecule has 0 bridgehead atoms. The molecule has 2 aromatic rings. The largest absolute Gasteiger partial charge is 0.464 e. The maximum absolute atomic E-state index is 12.7. The van der Waals surface area contributed by atoms with Gasteiger partial charge < -0.3 is 15.1 Å². The fraction of sp³-hybridized carbons (Fsp3) is 0.385. The Morgan fingerprint density at radius 3 is 2.38 bits per heavy atom. The lowest BCUT2D eigenvalue weighted by molar-refractivity contribution is -0.144. The molecule has 0 aliphatic rings. The number of alkyl halides is 3. The highest BCUT2D eigenvalue weighted by atomic mass is 19.4. The summed E-state index contributed by atoms with van der Waals surface area (Å²) in [5.74, 6) is 0.310. The highest BCUT2D eigenvalue weighted by Gasteiger charge is 2.35. The summed E-state index contributed by atoms with van der Waals surface area (Å²) in [6.07, 6.45) is -4.60. The molecule has 2 rings (SSSR count). The molecule has 0 spiro atoms. The quantitative estimate of drug-likeness (QED) is 0.903. The number of hydrogen-bond acceptors (Lipinski definition) is 5. The predicted molar refractivity (Wildman–Crippen MR) is 72.1 cm³/mol. The molecule has 0 saturated carbocycles. The van der Waals surface area contributed by atoms with Crippen LogP contribution in [-0.2, 0) is 6.18 Å². The molecule has 0 aromatic carbocycles. The average Bonchev–Trinajstić information content (AvgIpc) is 2.84. The molecule has 0 saturated heterocycles. The summed E-state index contributed by atoms with van der Waals surface area (Å²) in [7, 11) is 1.49. The first-order valence-corrected chi connectivity index (χ1v) is 6.26. The minimum absolute atomic E-state index is 0.0724. The van der Waals surface area contributed by atoms with Crippen molar-refractivity contribution < 1.29 is 17.6 Å². The molecular formula is C13H15F3N4O. The molecule has 0 aliphatic carbocycles. The van der Waals surface area contributed by atoms with Crippen LogP contribution in [0.1, 0.15) is 30.3 Å². The Bertz CT molecular complexity index is 624. The van der Waals surface area contributed by atoms with Crippen LogP contribution in [-0.4, -0.2) is 17.0 Å². The van der Waals surface area contributed by atoms with E-state index in [9.17, 15) is 13.2 Å². The summed E-state index contributed by atoms with van der Waals surface area (Å²) in [6, 6.07) is 4.63. The van der Waals surface area contributed by atoms with Crippen molar-refractivity contribution in [2.45, 2.75) is 26.1 Å². The highest BCUT2D eigenvalue weighted by Crippen LogP contribution is 2.29.